The number of carbonyl (C=O) groups excluding carboxylic acids is 2. The third-order valence-corrected chi connectivity index (χ3v) is 5.93. The lowest BCUT2D eigenvalue weighted by Gasteiger charge is -2.41. The van der Waals surface area contributed by atoms with Gasteiger partial charge >= 0.3 is 6.03 Å². The first kappa shape index (κ1) is 21.9. The normalized spacial score (nSPS) is 18.8. The fourth-order valence-electron chi connectivity index (χ4n) is 4.27. The van der Waals surface area contributed by atoms with E-state index in [1.807, 2.05) is 11.8 Å². The van der Waals surface area contributed by atoms with Gasteiger partial charge in [-0.2, -0.15) is 5.10 Å². The Morgan fingerprint density at radius 1 is 1.31 bits per heavy atom. The van der Waals surface area contributed by atoms with Gasteiger partial charge < -0.3 is 10.2 Å². The second kappa shape index (κ2) is 8.70. The van der Waals surface area contributed by atoms with Gasteiger partial charge in [-0.1, -0.05) is 13.5 Å². The van der Waals surface area contributed by atoms with Gasteiger partial charge in [0, 0.05) is 37.3 Å². The van der Waals surface area contributed by atoms with Crippen LogP contribution in [0.3, 0.4) is 0 Å². The topological polar surface area (TPSA) is 84.6 Å². The van der Waals surface area contributed by atoms with Crippen LogP contribution < -0.4 is 5.32 Å². The minimum Gasteiger partial charge on any atom is -0.319 e. The number of hydrogen-bond acceptors (Lipinski definition) is 4. The van der Waals surface area contributed by atoms with E-state index in [1.165, 1.54) is 0 Å². The van der Waals surface area contributed by atoms with Crippen molar-refractivity contribution in [2.24, 2.45) is 0 Å². The highest BCUT2D eigenvalue weighted by molar-refractivity contribution is 6.05. The third-order valence-electron chi connectivity index (χ3n) is 5.93. The van der Waals surface area contributed by atoms with Crippen molar-refractivity contribution in [1.82, 2.24) is 24.9 Å². The van der Waals surface area contributed by atoms with Crippen LogP contribution in [0.4, 0.5) is 19.4 Å². The molecule has 2 aromatic rings. The Bertz CT molecular complexity index is 1070. The van der Waals surface area contributed by atoms with Gasteiger partial charge in [0.2, 0.25) is 0 Å². The number of benzene rings is 1. The molecule has 2 aliphatic heterocycles. The van der Waals surface area contributed by atoms with Gasteiger partial charge in [-0.25, -0.2) is 13.6 Å². The van der Waals surface area contributed by atoms with Crippen LogP contribution in [0, 0.1) is 11.6 Å². The molecule has 1 aromatic heterocycles. The first-order valence-corrected chi connectivity index (χ1v) is 10.6. The zero-order valence-electron chi connectivity index (χ0n) is 18.1. The Morgan fingerprint density at radius 3 is 2.78 bits per heavy atom. The highest BCUT2D eigenvalue weighted by Crippen LogP contribution is 2.35. The predicted octanol–water partition coefficient (Wildman–Crippen LogP) is 3.26. The molecule has 1 saturated heterocycles. The molecule has 8 nitrogen and oxygen atoms in total. The van der Waals surface area contributed by atoms with Crippen molar-refractivity contribution < 1.29 is 18.4 Å². The van der Waals surface area contributed by atoms with E-state index in [0.29, 0.717) is 29.6 Å². The molecule has 1 atom stereocenters. The van der Waals surface area contributed by atoms with E-state index in [2.05, 4.69) is 33.9 Å². The lowest BCUT2D eigenvalue weighted by molar-refractivity contribution is 0.0896. The quantitative estimate of drug-likeness (QED) is 0.758. The van der Waals surface area contributed by atoms with Gasteiger partial charge in [0.25, 0.3) is 5.91 Å². The summed E-state index contributed by atoms with van der Waals surface area (Å²) in [6.07, 6.45) is 1.07. The minimum atomic E-state index is -0.966. The fourth-order valence-corrected chi connectivity index (χ4v) is 4.27. The maximum Gasteiger partial charge on any atom is 0.325 e. The van der Waals surface area contributed by atoms with Gasteiger partial charge in [-0.3, -0.25) is 19.7 Å². The molecule has 10 heteroatoms. The lowest BCUT2D eigenvalue weighted by atomic mass is 10.2. The van der Waals surface area contributed by atoms with Gasteiger partial charge in [-0.15, -0.1) is 0 Å². The smallest absolute Gasteiger partial charge is 0.319 e. The van der Waals surface area contributed by atoms with E-state index >= 15 is 0 Å². The number of halogens is 2. The van der Waals surface area contributed by atoms with Gasteiger partial charge in [-0.05, 0) is 32.0 Å². The number of rotatable bonds is 4. The second-order valence-corrected chi connectivity index (χ2v) is 8.16. The van der Waals surface area contributed by atoms with Crippen LogP contribution in [0.15, 0.2) is 24.8 Å². The molecule has 32 heavy (non-hydrogen) atoms. The van der Waals surface area contributed by atoms with Gasteiger partial charge in [0.05, 0.1) is 23.5 Å². The number of H-pyrrole nitrogens is 1. The van der Waals surface area contributed by atoms with Crippen LogP contribution in [0.1, 0.15) is 41.9 Å². The van der Waals surface area contributed by atoms with E-state index in [0.717, 1.165) is 38.2 Å². The lowest BCUT2D eigenvalue weighted by Crippen LogP contribution is -2.56. The van der Waals surface area contributed by atoms with E-state index < -0.39 is 17.5 Å². The molecule has 0 spiro atoms. The highest BCUT2D eigenvalue weighted by atomic mass is 19.1. The molecule has 0 bridgehead atoms. The molecular weight excluding hydrogens is 418 g/mol. The molecule has 2 N–H and O–H groups in total. The molecular formula is C22H26F2N6O2. The fraction of sp³-hybridized carbons (Fsp3) is 0.409. The molecule has 0 unspecified atom stereocenters. The molecule has 0 radical (unpaired) electrons. The molecule has 1 fully saturated rings. The molecule has 2 aliphatic rings. The minimum absolute atomic E-state index is 0.0632. The summed E-state index contributed by atoms with van der Waals surface area (Å²) in [6.45, 7) is 11.7. The number of nitrogens with one attached hydrogen (secondary N) is 2. The Hall–Kier alpha value is -3.27. The zero-order valence-corrected chi connectivity index (χ0v) is 18.1. The number of amides is 3. The SMILES string of the molecule is C=C1c2[nH]nc(NC(=O)c3ccc(F)cc3F)c2CN1C(=O)N1CCN(CCC)C[C@@H]1C. The number of aromatic nitrogens is 2. The summed E-state index contributed by atoms with van der Waals surface area (Å²) in [7, 11) is 0. The first-order chi connectivity index (χ1) is 15.3. The standard InChI is InChI=1S/C22H26F2N6O2/c1-4-7-28-8-9-29(13(2)11-28)22(32)30-12-17-19(14(30)3)26-27-20(17)25-21(31)16-6-5-15(23)10-18(16)24/h5-6,10,13H,3-4,7-9,11-12H2,1-2H3,(H2,25,26,27,31)/t13-/m0/s1. The van der Waals surface area contributed by atoms with Gasteiger partial charge in [0.15, 0.2) is 5.82 Å². The van der Waals surface area contributed by atoms with Crippen LogP contribution in [-0.2, 0) is 6.54 Å². The summed E-state index contributed by atoms with van der Waals surface area (Å²) in [4.78, 5) is 31.5. The number of hydrogen-bond donors (Lipinski definition) is 2. The van der Waals surface area contributed by atoms with Crippen LogP contribution in [0.5, 0.6) is 0 Å². The first-order valence-electron chi connectivity index (χ1n) is 10.6. The van der Waals surface area contributed by atoms with Gasteiger partial charge in [0.1, 0.15) is 11.6 Å². The van der Waals surface area contributed by atoms with Crippen LogP contribution in [-0.4, -0.2) is 69.1 Å². The zero-order chi connectivity index (χ0) is 23.0. The Labute approximate surface area is 184 Å². The summed E-state index contributed by atoms with van der Waals surface area (Å²) in [6, 6.07) is 2.64. The third kappa shape index (κ3) is 3.97. The Kier molecular flexibility index (Phi) is 5.96. The molecule has 1 aromatic carbocycles. The Morgan fingerprint density at radius 2 is 2.09 bits per heavy atom. The molecule has 3 heterocycles. The van der Waals surface area contributed by atoms with E-state index in [-0.39, 0.29) is 30.0 Å². The van der Waals surface area contributed by atoms with Crippen molar-refractivity contribution >= 4 is 23.5 Å². The molecule has 3 amide bonds. The molecule has 4 rings (SSSR count). The molecule has 0 saturated carbocycles. The predicted molar refractivity (Wildman–Crippen MR) is 116 cm³/mol. The number of aromatic amines is 1. The molecule has 170 valence electrons. The largest absolute Gasteiger partial charge is 0.325 e. The summed E-state index contributed by atoms with van der Waals surface area (Å²) in [5, 5.41) is 9.42. The summed E-state index contributed by atoms with van der Waals surface area (Å²) in [5.41, 5.74) is 1.31. The average Bonchev–Trinajstić information content (AvgIpc) is 3.28. The second-order valence-electron chi connectivity index (χ2n) is 8.16. The molecule has 0 aliphatic carbocycles. The number of urea groups is 1. The number of fused-ring (bicyclic) bond motifs is 1. The van der Waals surface area contributed by atoms with Crippen molar-refractivity contribution in [2.45, 2.75) is 32.9 Å². The van der Waals surface area contributed by atoms with Crippen molar-refractivity contribution in [3.05, 3.63) is 53.2 Å². The van der Waals surface area contributed by atoms with E-state index in [1.54, 1.807) is 4.90 Å². The summed E-state index contributed by atoms with van der Waals surface area (Å²) >= 11 is 0. The average molecular weight is 444 g/mol. The van der Waals surface area contributed by atoms with Crippen molar-refractivity contribution in [1.29, 1.82) is 0 Å². The van der Waals surface area contributed by atoms with E-state index in [9.17, 15) is 18.4 Å². The van der Waals surface area contributed by atoms with Crippen LogP contribution in [0.25, 0.3) is 5.70 Å². The number of carbonyl (C=O) groups is 2. The monoisotopic (exact) mass is 444 g/mol. The number of nitrogens with zero attached hydrogens (tertiary/aromatic N) is 4. The maximum absolute atomic E-state index is 13.9. The number of anilines is 1. The van der Waals surface area contributed by atoms with Crippen LogP contribution in [0.2, 0.25) is 0 Å². The number of piperazine rings is 1. The van der Waals surface area contributed by atoms with Crippen molar-refractivity contribution in [3.8, 4) is 0 Å². The Balaban J connectivity index is 1.47. The summed E-state index contributed by atoms with van der Waals surface area (Å²) in [5.74, 6) is -2.30. The van der Waals surface area contributed by atoms with E-state index in [4.69, 9.17) is 0 Å². The highest BCUT2D eigenvalue weighted by Gasteiger charge is 2.37. The van der Waals surface area contributed by atoms with Crippen molar-refractivity contribution in [3.63, 3.8) is 0 Å². The van der Waals surface area contributed by atoms with Crippen LogP contribution >= 0.6 is 0 Å². The summed E-state index contributed by atoms with van der Waals surface area (Å²) < 4.78 is 27.1. The maximum atomic E-state index is 13.9. The van der Waals surface area contributed by atoms with Crippen molar-refractivity contribution in [2.75, 3.05) is 31.5 Å².